The van der Waals surface area contributed by atoms with Crippen molar-refractivity contribution in [2.45, 2.75) is 6.42 Å². The highest BCUT2D eigenvalue weighted by Crippen LogP contribution is 2.26. The van der Waals surface area contributed by atoms with Gasteiger partial charge in [0.15, 0.2) is 11.5 Å². The summed E-state index contributed by atoms with van der Waals surface area (Å²) in [6, 6.07) is 4.98. The first kappa shape index (κ1) is 11.1. The number of carbonyl (C=O) groups excluding carboxylic acids is 1. The van der Waals surface area contributed by atoms with Crippen LogP contribution >= 0.6 is 0 Å². The van der Waals surface area contributed by atoms with Crippen molar-refractivity contribution in [3.8, 4) is 11.5 Å². The van der Waals surface area contributed by atoms with Crippen LogP contribution in [0.25, 0.3) is 6.08 Å². The molecular formula is C11H13NO3. The Hall–Kier alpha value is -1.97. The number of rotatable bonds is 4. The van der Waals surface area contributed by atoms with Gasteiger partial charge in [-0.05, 0) is 17.7 Å². The number of benzene rings is 1. The van der Waals surface area contributed by atoms with Gasteiger partial charge >= 0.3 is 0 Å². The molecule has 0 aliphatic heterocycles. The second-order valence-corrected chi connectivity index (χ2v) is 3.00. The quantitative estimate of drug-likeness (QED) is 0.781. The number of hydrogen-bond acceptors (Lipinski definition) is 3. The number of aromatic hydroxyl groups is 1. The van der Waals surface area contributed by atoms with E-state index in [2.05, 4.69) is 0 Å². The van der Waals surface area contributed by atoms with Crippen LogP contribution < -0.4 is 10.5 Å². The second-order valence-electron chi connectivity index (χ2n) is 3.00. The van der Waals surface area contributed by atoms with Gasteiger partial charge in [0.25, 0.3) is 0 Å². The Morgan fingerprint density at radius 1 is 1.60 bits per heavy atom. The molecule has 1 aromatic carbocycles. The zero-order valence-corrected chi connectivity index (χ0v) is 8.43. The van der Waals surface area contributed by atoms with Crippen LogP contribution in [-0.2, 0) is 4.79 Å². The third-order valence-electron chi connectivity index (χ3n) is 1.83. The van der Waals surface area contributed by atoms with E-state index in [-0.39, 0.29) is 18.1 Å². The van der Waals surface area contributed by atoms with Gasteiger partial charge in [-0.25, -0.2) is 0 Å². The van der Waals surface area contributed by atoms with Crippen molar-refractivity contribution in [3.05, 3.63) is 29.8 Å². The monoisotopic (exact) mass is 207 g/mol. The van der Waals surface area contributed by atoms with Crippen LogP contribution in [0.2, 0.25) is 0 Å². The van der Waals surface area contributed by atoms with E-state index in [0.717, 1.165) is 5.56 Å². The molecule has 0 aliphatic carbocycles. The summed E-state index contributed by atoms with van der Waals surface area (Å²) in [4.78, 5) is 10.5. The SMILES string of the molecule is COc1ccc(C=CCC(N)=O)cc1O. The lowest BCUT2D eigenvalue weighted by atomic mass is 10.2. The maximum absolute atomic E-state index is 10.5. The lowest BCUT2D eigenvalue weighted by Crippen LogP contribution is -2.07. The molecule has 0 heterocycles. The van der Waals surface area contributed by atoms with Gasteiger partial charge in [0.2, 0.25) is 5.91 Å². The lowest BCUT2D eigenvalue weighted by molar-refractivity contribution is -0.117. The average molecular weight is 207 g/mol. The molecule has 15 heavy (non-hydrogen) atoms. The number of carbonyl (C=O) groups is 1. The van der Waals surface area contributed by atoms with Gasteiger partial charge in [0.05, 0.1) is 7.11 Å². The summed E-state index contributed by atoms with van der Waals surface area (Å²) in [6.07, 6.45) is 3.54. The number of primary amides is 1. The summed E-state index contributed by atoms with van der Waals surface area (Å²) < 4.78 is 4.89. The summed E-state index contributed by atoms with van der Waals surface area (Å²) in [6.45, 7) is 0. The molecule has 4 heteroatoms. The van der Waals surface area contributed by atoms with Crippen molar-refractivity contribution >= 4 is 12.0 Å². The molecule has 0 saturated heterocycles. The fourth-order valence-electron chi connectivity index (χ4n) is 1.12. The van der Waals surface area contributed by atoms with Gasteiger partial charge in [-0.1, -0.05) is 18.2 Å². The largest absolute Gasteiger partial charge is 0.504 e. The molecule has 80 valence electrons. The van der Waals surface area contributed by atoms with Crippen molar-refractivity contribution in [1.82, 2.24) is 0 Å². The van der Waals surface area contributed by atoms with E-state index in [4.69, 9.17) is 10.5 Å². The summed E-state index contributed by atoms with van der Waals surface area (Å²) in [5.41, 5.74) is 5.76. The molecule has 0 spiro atoms. The number of phenolic OH excluding ortho intramolecular Hbond substituents is 1. The Morgan fingerprint density at radius 2 is 2.33 bits per heavy atom. The van der Waals surface area contributed by atoms with Gasteiger partial charge in [-0.15, -0.1) is 0 Å². The van der Waals surface area contributed by atoms with E-state index in [1.807, 2.05) is 0 Å². The third kappa shape index (κ3) is 3.34. The molecule has 0 aliphatic rings. The molecule has 0 atom stereocenters. The Bertz CT molecular complexity index is 385. The standard InChI is InChI=1S/C11H13NO3/c1-15-10-6-5-8(7-9(10)13)3-2-4-11(12)14/h2-3,5-7,13H,4H2,1H3,(H2,12,14). The van der Waals surface area contributed by atoms with Crippen molar-refractivity contribution in [3.63, 3.8) is 0 Å². The molecule has 0 aromatic heterocycles. The predicted octanol–water partition coefficient (Wildman–Crippen LogP) is 1.29. The van der Waals surface area contributed by atoms with E-state index in [9.17, 15) is 9.90 Å². The first-order valence-electron chi connectivity index (χ1n) is 4.45. The maximum Gasteiger partial charge on any atom is 0.221 e. The highest BCUT2D eigenvalue weighted by atomic mass is 16.5. The van der Waals surface area contributed by atoms with Crippen molar-refractivity contribution in [2.75, 3.05) is 7.11 Å². The van der Waals surface area contributed by atoms with Crippen LogP contribution in [-0.4, -0.2) is 18.1 Å². The lowest BCUT2D eigenvalue weighted by Gasteiger charge is -2.03. The Kier molecular flexibility index (Phi) is 3.74. The molecular weight excluding hydrogens is 194 g/mol. The van der Waals surface area contributed by atoms with Gasteiger partial charge in [-0.2, -0.15) is 0 Å². The zero-order valence-electron chi connectivity index (χ0n) is 8.43. The smallest absolute Gasteiger partial charge is 0.221 e. The van der Waals surface area contributed by atoms with Crippen molar-refractivity contribution in [1.29, 1.82) is 0 Å². The number of nitrogens with two attached hydrogens (primary N) is 1. The number of methoxy groups -OCH3 is 1. The molecule has 0 saturated carbocycles. The molecule has 1 amide bonds. The second kappa shape index (κ2) is 5.05. The molecule has 0 unspecified atom stereocenters. The van der Waals surface area contributed by atoms with Crippen LogP contribution in [0, 0.1) is 0 Å². The number of phenols is 1. The maximum atomic E-state index is 10.5. The minimum absolute atomic E-state index is 0.0683. The predicted molar refractivity (Wildman–Crippen MR) is 57.5 cm³/mol. The van der Waals surface area contributed by atoms with Crippen molar-refractivity contribution in [2.24, 2.45) is 5.73 Å². The average Bonchev–Trinajstić information content (AvgIpc) is 2.17. The first-order chi connectivity index (χ1) is 7.13. The minimum atomic E-state index is -0.385. The fourth-order valence-corrected chi connectivity index (χ4v) is 1.12. The third-order valence-corrected chi connectivity index (χ3v) is 1.83. The summed E-state index contributed by atoms with van der Waals surface area (Å²) >= 11 is 0. The summed E-state index contributed by atoms with van der Waals surface area (Å²) in [5, 5.41) is 9.45. The molecule has 1 aromatic rings. The van der Waals surface area contributed by atoms with E-state index in [0.29, 0.717) is 5.75 Å². The Balaban J connectivity index is 2.75. The Labute approximate surface area is 88.0 Å². The number of hydrogen-bond donors (Lipinski definition) is 2. The molecule has 0 radical (unpaired) electrons. The number of amides is 1. The van der Waals surface area contributed by atoms with Crippen LogP contribution in [0.5, 0.6) is 11.5 Å². The molecule has 1 rings (SSSR count). The molecule has 3 N–H and O–H groups in total. The van der Waals surface area contributed by atoms with Gasteiger partial charge in [0.1, 0.15) is 0 Å². The van der Waals surface area contributed by atoms with Gasteiger partial charge in [-0.3, -0.25) is 4.79 Å². The van der Waals surface area contributed by atoms with E-state index < -0.39 is 0 Å². The normalized spacial score (nSPS) is 10.5. The first-order valence-corrected chi connectivity index (χ1v) is 4.45. The molecule has 4 nitrogen and oxygen atoms in total. The summed E-state index contributed by atoms with van der Waals surface area (Å²) in [7, 11) is 1.48. The Morgan fingerprint density at radius 3 is 2.87 bits per heavy atom. The summed E-state index contributed by atoms with van der Waals surface area (Å²) in [5.74, 6) is 0.102. The zero-order chi connectivity index (χ0) is 11.3. The van der Waals surface area contributed by atoms with E-state index in [1.54, 1.807) is 30.4 Å². The van der Waals surface area contributed by atoms with Crippen LogP contribution in [0.1, 0.15) is 12.0 Å². The van der Waals surface area contributed by atoms with Crippen LogP contribution in [0.15, 0.2) is 24.3 Å². The fraction of sp³-hybridized carbons (Fsp3) is 0.182. The topological polar surface area (TPSA) is 72.5 Å². The van der Waals surface area contributed by atoms with Gasteiger partial charge in [0, 0.05) is 6.42 Å². The highest BCUT2D eigenvalue weighted by Gasteiger charge is 1.99. The van der Waals surface area contributed by atoms with E-state index >= 15 is 0 Å². The highest BCUT2D eigenvalue weighted by molar-refractivity contribution is 5.76. The molecule has 0 fully saturated rings. The minimum Gasteiger partial charge on any atom is -0.504 e. The van der Waals surface area contributed by atoms with Crippen LogP contribution in [0.4, 0.5) is 0 Å². The van der Waals surface area contributed by atoms with Gasteiger partial charge < -0.3 is 15.6 Å². The molecule has 0 bridgehead atoms. The van der Waals surface area contributed by atoms with Crippen LogP contribution in [0.3, 0.4) is 0 Å². The van der Waals surface area contributed by atoms with E-state index in [1.165, 1.54) is 7.11 Å². The number of ether oxygens (including phenoxy) is 1. The van der Waals surface area contributed by atoms with Crippen molar-refractivity contribution < 1.29 is 14.6 Å².